The predicted octanol–water partition coefficient (Wildman–Crippen LogP) is 13.2. The first-order valence-corrected chi connectivity index (χ1v) is 19.1. The summed E-state index contributed by atoms with van der Waals surface area (Å²) in [6.45, 7) is 12.4. The van der Waals surface area contributed by atoms with Crippen molar-refractivity contribution in [3.05, 3.63) is 145 Å². The van der Waals surface area contributed by atoms with E-state index in [-0.39, 0.29) is 5.41 Å². The SMILES string of the molecule is CC1(C)CCC(c2cc(Oc3cccc(N4CN(c5ccccc5)c5ccccc54)c3)cc3c2c2ccccc2n3-c2cc(C(C)(C)C)ccn2)CC1. The summed E-state index contributed by atoms with van der Waals surface area (Å²) in [6, 6.07) is 45.7. The zero-order valence-electron chi connectivity index (χ0n) is 31.5. The molecule has 5 nitrogen and oxygen atoms in total. The highest BCUT2D eigenvalue weighted by Gasteiger charge is 2.31. The summed E-state index contributed by atoms with van der Waals surface area (Å²) in [5, 5.41) is 2.60. The van der Waals surface area contributed by atoms with Gasteiger partial charge in [-0.3, -0.25) is 4.57 Å². The summed E-state index contributed by atoms with van der Waals surface area (Å²) in [7, 11) is 0. The molecule has 0 bridgehead atoms. The molecule has 1 saturated carbocycles. The van der Waals surface area contributed by atoms with Gasteiger partial charge in [0.2, 0.25) is 0 Å². The van der Waals surface area contributed by atoms with Crippen molar-refractivity contribution in [3.8, 4) is 17.3 Å². The Morgan fingerprint density at radius 1 is 0.660 bits per heavy atom. The summed E-state index contributed by atoms with van der Waals surface area (Å²) in [5.41, 5.74) is 10.0. The molecular formula is C48H48N4O. The third-order valence-corrected chi connectivity index (χ3v) is 11.6. The molecule has 1 aliphatic carbocycles. The van der Waals surface area contributed by atoms with Gasteiger partial charge in [-0.2, -0.15) is 0 Å². The first-order valence-electron chi connectivity index (χ1n) is 19.1. The maximum Gasteiger partial charge on any atom is 0.137 e. The van der Waals surface area contributed by atoms with E-state index in [1.54, 1.807) is 0 Å². The van der Waals surface area contributed by atoms with E-state index in [0.29, 0.717) is 11.3 Å². The number of fused-ring (bicyclic) bond motifs is 4. The Bertz CT molecular complexity index is 2440. The number of hydrogen-bond donors (Lipinski definition) is 0. The quantitative estimate of drug-likeness (QED) is 0.173. The standard InChI is InChI=1S/C48H48N4O/c1-47(2,3)34-24-27-49-45(28-34)52-41-19-10-9-18-39(41)46-40(33-22-25-48(4,5)26-23-33)30-38(31-44(46)52)53-37-17-13-16-36(29-37)51-32-50(35-14-7-6-8-15-35)42-20-11-12-21-43(42)51/h6-21,24,27-31,33H,22-23,25-26,32H2,1-5H3. The van der Waals surface area contributed by atoms with Gasteiger partial charge in [0.25, 0.3) is 0 Å². The average molecular weight is 697 g/mol. The number of ether oxygens (including phenoxy) is 1. The molecule has 266 valence electrons. The minimum Gasteiger partial charge on any atom is -0.457 e. The lowest BCUT2D eigenvalue weighted by molar-refractivity contribution is 0.225. The average Bonchev–Trinajstić information content (AvgIpc) is 3.71. The maximum absolute atomic E-state index is 6.95. The van der Waals surface area contributed by atoms with E-state index in [9.17, 15) is 0 Å². The van der Waals surface area contributed by atoms with E-state index in [2.05, 4.69) is 176 Å². The second-order valence-electron chi connectivity index (χ2n) is 16.8. The fourth-order valence-electron chi connectivity index (χ4n) is 8.56. The summed E-state index contributed by atoms with van der Waals surface area (Å²) in [5.74, 6) is 3.08. The molecule has 2 aromatic heterocycles. The minimum absolute atomic E-state index is 0.00375. The Labute approximate surface area is 313 Å². The van der Waals surface area contributed by atoms with Crippen LogP contribution < -0.4 is 14.5 Å². The molecule has 0 saturated heterocycles. The Hall–Kier alpha value is -5.55. The van der Waals surface area contributed by atoms with Crippen LogP contribution in [-0.4, -0.2) is 16.2 Å². The predicted molar refractivity (Wildman–Crippen MR) is 221 cm³/mol. The van der Waals surface area contributed by atoms with Gasteiger partial charge in [0.05, 0.1) is 22.4 Å². The van der Waals surface area contributed by atoms with Gasteiger partial charge < -0.3 is 14.5 Å². The Morgan fingerprint density at radius 3 is 2.09 bits per heavy atom. The van der Waals surface area contributed by atoms with Crippen molar-refractivity contribution in [2.45, 2.75) is 71.6 Å². The molecule has 53 heavy (non-hydrogen) atoms. The van der Waals surface area contributed by atoms with Crippen LogP contribution in [0.15, 0.2) is 134 Å². The number of rotatable bonds is 6. The van der Waals surface area contributed by atoms with E-state index in [0.717, 1.165) is 35.2 Å². The Balaban J connectivity index is 1.16. The summed E-state index contributed by atoms with van der Waals surface area (Å²) in [6.07, 6.45) is 6.74. The first kappa shape index (κ1) is 33.3. The van der Waals surface area contributed by atoms with Crippen LogP contribution >= 0.6 is 0 Å². The molecule has 5 aromatic carbocycles. The fraction of sp³-hybridized carbons (Fsp3) is 0.271. The van der Waals surface area contributed by atoms with E-state index >= 15 is 0 Å². The lowest BCUT2D eigenvalue weighted by Gasteiger charge is -2.35. The van der Waals surface area contributed by atoms with Crippen molar-refractivity contribution < 1.29 is 4.74 Å². The van der Waals surface area contributed by atoms with Gasteiger partial charge in [0.1, 0.15) is 24.0 Å². The highest BCUT2D eigenvalue weighted by atomic mass is 16.5. The lowest BCUT2D eigenvalue weighted by atomic mass is 9.71. The van der Waals surface area contributed by atoms with Gasteiger partial charge in [-0.15, -0.1) is 0 Å². The van der Waals surface area contributed by atoms with Gasteiger partial charge in [-0.25, -0.2) is 4.98 Å². The molecule has 0 atom stereocenters. The molecule has 1 fully saturated rings. The molecule has 3 heterocycles. The molecule has 1 aliphatic heterocycles. The van der Waals surface area contributed by atoms with Crippen LogP contribution in [0.4, 0.5) is 22.7 Å². The van der Waals surface area contributed by atoms with Crippen LogP contribution in [0.25, 0.3) is 27.6 Å². The zero-order valence-corrected chi connectivity index (χ0v) is 31.5. The second kappa shape index (κ2) is 12.8. The number of hydrogen-bond acceptors (Lipinski definition) is 4. The number of nitrogens with zero attached hydrogens (tertiary/aromatic N) is 4. The topological polar surface area (TPSA) is 33.5 Å². The van der Waals surface area contributed by atoms with E-state index < -0.39 is 0 Å². The van der Waals surface area contributed by atoms with Crippen LogP contribution in [0.1, 0.15) is 77.3 Å². The van der Waals surface area contributed by atoms with E-state index in [4.69, 9.17) is 9.72 Å². The summed E-state index contributed by atoms with van der Waals surface area (Å²) < 4.78 is 9.31. The molecule has 0 N–H and O–H groups in total. The van der Waals surface area contributed by atoms with Crippen molar-refractivity contribution in [3.63, 3.8) is 0 Å². The molecule has 2 aliphatic rings. The second-order valence-corrected chi connectivity index (χ2v) is 16.8. The number of pyridine rings is 1. The van der Waals surface area contributed by atoms with Crippen molar-refractivity contribution in [1.82, 2.24) is 9.55 Å². The largest absolute Gasteiger partial charge is 0.457 e. The summed E-state index contributed by atoms with van der Waals surface area (Å²) >= 11 is 0. The van der Waals surface area contributed by atoms with Crippen molar-refractivity contribution >= 4 is 44.6 Å². The van der Waals surface area contributed by atoms with Crippen LogP contribution in [-0.2, 0) is 5.41 Å². The zero-order chi connectivity index (χ0) is 36.3. The molecular weight excluding hydrogens is 649 g/mol. The normalized spacial score (nSPS) is 16.0. The molecule has 0 amide bonds. The van der Waals surface area contributed by atoms with E-state index in [1.165, 1.54) is 70.2 Å². The molecule has 5 heteroatoms. The third kappa shape index (κ3) is 6.12. The molecule has 0 unspecified atom stereocenters. The summed E-state index contributed by atoms with van der Waals surface area (Å²) in [4.78, 5) is 9.73. The van der Waals surface area contributed by atoms with Gasteiger partial charge in [0, 0.05) is 40.5 Å². The van der Waals surface area contributed by atoms with Crippen molar-refractivity contribution in [2.24, 2.45) is 5.41 Å². The van der Waals surface area contributed by atoms with Crippen molar-refractivity contribution in [2.75, 3.05) is 16.5 Å². The monoisotopic (exact) mass is 696 g/mol. The number of benzene rings is 5. The number of anilines is 4. The van der Waals surface area contributed by atoms with Crippen LogP contribution in [0.5, 0.6) is 11.5 Å². The molecule has 7 aromatic rings. The lowest BCUT2D eigenvalue weighted by Crippen LogP contribution is -2.23. The van der Waals surface area contributed by atoms with E-state index in [1.807, 2.05) is 6.20 Å². The molecule has 0 radical (unpaired) electrons. The fourth-order valence-corrected chi connectivity index (χ4v) is 8.56. The van der Waals surface area contributed by atoms with Crippen LogP contribution in [0, 0.1) is 5.41 Å². The Kier molecular flexibility index (Phi) is 8.07. The Morgan fingerprint density at radius 2 is 1.34 bits per heavy atom. The number of aromatic nitrogens is 2. The molecule has 9 rings (SSSR count). The first-order chi connectivity index (χ1) is 25.6. The number of para-hydroxylation sites is 4. The van der Waals surface area contributed by atoms with Gasteiger partial charge in [-0.1, -0.05) is 89.2 Å². The van der Waals surface area contributed by atoms with Crippen LogP contribution in [0.2, 0.25) is 0 Å². The van der Waals surface area contributed by atoms with Gasteiger partial charge >= 0.3 is 0 Å². The van der Waals surface area contributed by atoms with Gasteiger partial charge in [-0.05, 0) is 114 Å². The highest BCUT2D eigenvalue weighted by molar-refractivity contribution is 6.11. The highest BCUT2D eigenvalue weighted by Crippen LogP contribution is 2.49. The minimum atomic E-state index is 0.00375. The third-order valence-electron chi connectivity index (χ3n) is 11.6. The van der Waals surface area contributed by atoms with Crippen LogP contribution in [0.3, 0.4) is 0 Å². The van der Waals surface area contributed by atoms with Gasteiger partial charge in [0.15, 0.2) is 0 Å². The van der Waals surface area contributed by atoms with Crippen molar-refractivity contribution in [1.29, 1.82) is 0 Å². The maximum atomic E-state index is 6.95. The molecule has 0 spiro atoms. The smallest absolute Gasteiger partial charge is 0.137 e.